The second-order valence-corrected chi connectivity index (χ2v) is 4.11. The Morgan fingerprint density at radius 3 is 2.85 bits per heavy atom. The average molecular weight is 200 g/mol. The van der Waals surface area contributed by atoms with Crippen molar-refractivity contribution in [2.75, 3.05) is 26.3 Å². The number of ether oxygens (including phenoxy) is 1. The zero-order chi connectivity index (χ0) is 9.15. The first kappa shape index (κ1) is 9.05. The van der Waals surface area contributed by atoms with Crippen LogP contribution >= 0.6 is 11.8 Å². The van der Waals surface area contributed by atoms with Crippen LogP contribution in [0.3, 0.4) is 0 Å². The Balaban J connectivity index is 2.06. The number of nitrogens with zero attached hydrogens (tertiary/aromatic N) is 1. The third-order valence-corrected chi connectivity index (χ3v) is 3.35. The van der Waals surface area contributed by atoms with Gasteiger partial charge in [0.1, 0.15) is 0 Å². The lowest BCUT2D eigenvalue weighted by Crippen LogP contribution is -2.57. The Labute approximate surface area is 81.3 Å². The van der Waals surface area contributed by atoms with E-state index in [1.807, 2.05) is 11.6 Å². The van der Waals surface area contributed by atoms with Crippen LogP contribution in [0.15, 0.2) is 11.6 Å². The molecule has 0 spiro atoms. The summed E-state index contributed by atoms with van der Waals surface area (Å²) < 4.78 is 5.23. The van der Waals surface area contributed by atoms with E-state index in [9.17, 15) is 4.79 Å². The van der Waals surface area contributed by atoms with Crippen molar-refractivity contribution in [2.45, 2.75) is 4.99 Å². The molecule has 2 aliphatic heterocycles. The number of aldehydes is 1. The van der Waals surface area contributed by atoms with Gasteiger partial charge in [-0.2, -0.15) is 0 Å². The fourth-order valence-electron chi connectivity index (χ4n) is 1.52. The lowest BCUT2D eigenvalue weighted by atomic mass is 10.3. The van der Waals surface area contributed by atoms with Crippen LogP contribution in [-0.2, 0) is 9.53 Å². The molecule has 13 heavy (non-hydrogen) atoms. The van der Waals surface area contributed by atoms with Crippen LogP contribution in [0.2, 0.25) is 0 Å². The molecule has 0 bridgehead atoms. The number of thioether (sulfide) groups is 1. The molecule has 0 aromatic rings. The summed E-state index contributed by atoms with van der Waals surface area (Å²) in [5, 5.41) is 4.98. The van der Waals surface area contributed by atoms with E-state index in [1.54, 1.807) is 0 Å². The summed E-state index contributed by atoms with van der Waals surface area (Å²) in [6, 6.07) is 0. The van der Waals surface area contributed by atoms with E-state index in [-0.39, 0.29) is 0 Å². The summed E-state index contributed by atoms with van der Waals surface area (Å²) >= 11 is 1.51. The van der Waals surface area contributed by atoms with Crippen LogP contribution in [0.25, 0.3) is 0 Å². The predicted octanol–water partition coefficient (Wildman–Crippen LogP) is -0.0211. The van der Waals surface area contributed by atoms with E-state index in [2.05, 4.69) is 10.2 Å². The van der Waals surface area contributed by atoms with Crippen molar-refractivity contribution in [1.82, 2.24) is 10.2 Å². The molecule has 2 aliphatic rings. The van der Waals surface area contributed by atoms with Crippen molar-refractivity contribution in [3.8, 4) is 0 Å². The Bertz CT molecular complexity index is 218. The minimum absolute atomic E-state index is 0.566. The second-order valence-electron chi connectivity index (χ2n) is 2.98. The summed E-state index contributed by atoms with van der Waals surface area (Å²) in [6.45, 7) is 3.02. The quantitative estimate of drug-likeness (QED) is 0.634. The molecule has 0 amide bonds. The average Bonchev–Trinajstić information content (AvgIpc) is 2.69. The minimum atomic E-state index is -0.566. The molecular weight excluding hydrogens is 188 g/mol. The van der Waals surface area contributed by atoms with E-state index in [1.165, 1.54) is 11.8 Å². The maximum atomic E-state index is 11.0. The molecule has 1 fully saturated rings. The van der Waals surface area contributed by atoms with E-state index in [0.717, 1.165) is 19.4 Å². The molecule has 1 N–H and O–H groups in total. The van der Waals surface area contributed by atoms with Crippen LogP contribution in [0.4, 0.5) is 0 Å². The molecule has 4 nitrogen and oxygen atoms in total. The zero-order valence-electron chi connectivity index (χ0n) is 7.23. The molecule has 0 aliphatic carbocycles. The lowest BCUT2D eigenvalue weighted by Gasteiger charge is -2.38. The fourth-order valence-corrected chi connectivity index (χ4v) is 2.39. The standard InChI is InChI=1S/C8H12N2O2S/c11-7-8(9-1-6-13-8)10-2-4-12-5-3-10/h1,6-7,9H,2-5H2. The maximum absolute atomic E-state index is 11.0. The number of hydrogen-bond acceptors (Lipinski definition) is 5. The summed E-state index contributed by atoms with van der Waals surface area (Å²) in [4.78, 5) is 12.6. The molecule has 72 valence electrons. The van der Waals surface area contributed by atoms with Gasteiger partial charge in [0.25, 0.3) is 0 Å². The highest BCUT2D eigenvalue weighted by molar-refractivity contribution is 8.04. The van der Waals surface area contributed by atoms with Gasteiger partial charge >= 0.3 is 0 Å². The van der Waals surface area contributed by atoms with Crippen molar-refractivity contribution >= 4 is 18.0 Å². The minimum Gasteiger partial charge on any atom is -0.379 e. The van der Waals surface area contributed by atoms with Gasteiger partial charge in [0, 0.05) is 19.3 Å². The first-order valence-corrected chi connectivity index (χ1v) is 5.15. The number of rotatable bonds is 2. The first-order chi connectivity index (χ1) is 6.37. The highest BCUT2D eigenvalue weighted by atomic mass is 32.2. The Kier molecular flexibility index (Phi) is 2.57. The number of carbonyl (C=O) groups excluding carboxylic acids is 1. The summed E-state index contributed by atoms with van der Waals surface area (Å²) in [6.07, 6.45) is 2.78. The van der Waals surface area contributed by atoms with Crippen molar-refractivity contribution in [2.24, 2.45) is 0 Å². The van der Waals surface area contributed by atoms with Gasteiger partial charge < -0.3 is 10.1 Å². The summed E-state index contributed by atoms with van der Waals surface area (Å²) in [5.41, 5.74) is 0. The highest BCUT2D eigenvalue weighted by Crippen LogP contribution is 2.30. The smallest absolute Gasteiger partial charge is 0.200 e. The molecule has 5 heteroatoms. The topological polar surface area (TPSA) is 41.6 Å². The third-order valence-electron chi connectivity index (χ3n) is 2.25. The summed E-state index contributed by atoms with van der Waals surface area (Å²) in [5.74, 6) is 0. The van der Waals surface area contributed by atoms with Crippen molar-refractivity contribution < 1.29 is 9.53 Å². The molecule has 2 heterocycles. The van der Waals surface area contributed by atoms with Crippen LogP contribution in [0, 0.1) is 0 Å². The summed E-state index contributed by atoms with van der Waals surface area (Å²) in [7, 11) is 0. The van der Waals surface area contributed by atoms with Crippen LogP contribution in [-0.4, -0.2) is 42.5 Å². The molecule has 0 aromatic carbocycles. The second kappa shape index (κ2) is 3.69. The zero-order valence-corrected chi connectivity index (χ0v) is 8.05. The Hall–Kier alpha value is -0.520. The van der Waals surface area contributed by atoms with Gasteiger partial charge in [-0.05, 0) is 5.41 Å². The molecule has 1 saturated heterocycles. The van der Waals surface area contributed by atoms with E-state index in [0.29, 0.717) is 13.2 Å². The lowest BCUT2D eigenvalue weighted by molar-refractivity contribution is -0.116. The van der Waals surface area contributed by atoms with Gasteiger partial charge in [-0.3, -0.25) is 9.69 Å². The van der Waals surface area contributed by atoms with Gasteiger partial charge in [-0.25, -0.2) is 0 Å². The molecular formula is C8H12N2O2S. The maximum Gasteiger partial charge on any atom is 0.200 e. The largest absolute Gasteiger partial charge is 0.379 e. The predicted molar refractivity (Wildman–Crippen MR) is 51.1 cm³/mol. The van der Waals surface area contributed by atoms with Crippen molar-refractivity contribution in [3.05, 3.63) is 11.6 Å². The van der Waals surface area contributed by atoms with Crippen LogP contribution in [0.5, 0.6) is 0 Å². The highest BCUT2D eigenvalue weighted by Gasteiger charge is 2.38. The van der Waals surface area contributed by atoms with Crippen LogP contribution in [0.1, 0.15) is 0 Å². The SMILES string of the molecule is O=CC1(N2CCOCC2)NC=CS1. The molecule has 0 saturated carbocycles. The van der Waals surface area contributed by atoms with E-state index < -0.39 is 4.99 Å². The van der Waals surface area contributed by atoms with Gasteiger partial charge in [0.05, 0.1) is 13.2 Å². The number of nitrogens with one attached hydrogen (secondary N) is 1. The normalized spacial score (nSPS) is 34.5. The van der Waals surface area contributed by atoms with Crippen LogP contribution < -0.4 is 5.32 Å². The molecule has 1 atom stereocenters. The Morgan fingerprint density at radius 1 is 1.54 bits per heavy atom. The fraction of sp³-hybridized carbons (Fsp3) is 0.625. The van der Waals surface area contributed by atoms with Gasteiger partial charge in [0.15, 0.2) is 6.29 Å². The van der Waals surface area contributed by atoms with Gasteiger partial charge in [0.2, 0.25) is 4.99 Å². The van der Waals surface area contributed by atoms with Crippen molar-refractivity contribution in [3.63, 3.8) is 0 Å². The molecule has 0 radical (unpaired) electrons. The van der Waals surface area contributed by atoms with E-state index in [4.69, 9.17) is 4.74 Å². The Morgan fingerprint density at radius 2 is 2.31 bits per heavy atom. The molecule has 2 rings (SSSR count). The number of morpholine rings is 1. The van der Waals surface area contributed by atoms with Gasteiger partial charge in [-0.15, -0.1) is 0 Å². The van der Waals surface area contributed by atoms with Crippen molar-refractivity contribution in [1.29, 1.82) is 0 Å². The number of hydrogen-bond donors (Lipinski definition) is 1. The van der Waals surface area contributed by atoms with Gasteiger partial charge in [-0.1, -0.05) is 11.8 Å². The molecule has 0 aromatic heterocycles. The molecule has 1 unspecified atom stereocenters. The first-order valence-electron chi connectivity index (χ1n) is 4.27. The third kappa shape index (κ3) is 1.59. The van der Waals surface area contributed by atoms with E-state index >= 15 is 0 Å². The number of carbonyl (C=O) groups is 1. The monoisotopic (exact) mass is 200 g/mol.